The normalized spacial score (nSPS) is 17.0. The molecule has 1 amide bonds. The van der Waals surface area contributed by atoms with Gasteiger partial charge in [-0.15, -0.1) is 0 Å². The molecule has 146 valence electrons. The molecule has 1 saturated carbocycles. The predicted octanol–water partition coefficient (Wildman–Crippen LogP) is 3.64. The van der Waals surface area contributed by atoms with Crippen molar-refractivity contribution in [2.45, 2.75) is 71.4 Å². The van der Waals surface area contributed by atoms with Gasteiger partial charge in [-0.2, -0.15) is 0 Å². The quantitative estimate of drug-likeness (QED) is 0.757. The number of aryl methyl sites for hydroxylation is 2. The van der Waals surface area contributed by atoms with Gasteiger partial charge in [0.25, 0.3) is 0 Å². The zero-order valence-electron chi connectivity index (χ0n) is 16.7. The lowest BCUT2D eigenvalue weighted by Crippen LogP contribution is -2.52. The van der Waals surface area contributed by atoms with Gasteiger partial charge >= 0.3 is 0 Å². The summed E-state index contributed by atoms with van der Waals surface area (Å²) in [5, 5.41) is 0. The average molecular weight is 381 g/mol. The lowest BCUT2D eigenvalue weighted by atomic mass is 9.94. The van der Waals surface area contributed by atoms with Gasteiger partial charge in [-0.1, -0.05) is 32.3 Å². The van der Waals surface area contributed by atoms with Crippen molar-refractivity contribution < 1.29 is 13.2 Å². The molecule has 1 aromatic rings. The molecule has 0 aromatic heterocycles. The van der Waals surface area contributed by atoms with Crippen LogP contribution < -0.4 is 4.31 Å². The molecule has 1 atom stereocenters. The summed E-state index contributed by atoms with van der Waals surface area (Å²) in [6.45, 7) is 5.82. The first-order valence-corrected chi connectivity index (χ1v) is 11.3. The number of sulfonamides is 1. The topological polar surface area (TPSA) is 57.7 Å². The molecule has 0 radical (unpaired) electrons. The molecule has 1 aromatic carbocycles. The minimum Gasteiger partial charge on any atom is -0.341 e. The number of amides is 1. The Morgan fingerprint density at radius 2 is 1.77 bits per heavy atom. The molecule has 0 spiro atoms. The van der Waals surface area contributed by atoms with E-state index in [1.54, 1.807) is 11.0 Å². The molecule has 1 fully saturated rings. The second kappa shape index (κ2) is 8.42. The van der Waals surface area contributed by atoms with Gasteiger partial charge in [0.1, 0.15) is 6.04 Å². The fraction of sp³-hybridized carbons (Fsp3) is 0.650. The number of carbonyl (C=O) groups excluding carboxylic acids is 1. The highest BCUT2D eigenvalue weighted by Crippen LogP contribution is 2.28. The van der Waals surface area contributed by atoms with E-state index in [1.807, 2.05) is 40.0 Å². The number of likely N-dealkylation sites (N-methyl/N-ethyl adjacent to an activating group) is 1. The molecule has 0 bridgehead atoms. The van der Waals surface area contributed by atoms with E-state index in [-0.39, 0.29) is 11.9 Å². The minimum atomic E-state index is -3.58. The van der Waals surface area contributed by atoms with Gasteiger partial charge in [0.05, 0.1) is 11.9 Å². The molecule has 0 N–H and O–H groups in total. The van der Waals surface area contributed by atoms with Crippen molar-refractivity contribution >= 4 is 21.6 Å². The van der Waals surface area contributed by atoms with Crippen LogP contribution in [0.25, 0.3) is 0 Å². The summed E-state index contributed by atoms with van der Waals surface area (Å²) < 4.78 is 26.5. The van der Waals surface area contributed by atoms with Gasteiger partial charge in [-0.25, -0.2) is 8.42 Å². The summed E-state index contributed by atoms with van der Waals surface area (Å²) in [7, 11) is -1.76. The summed E-state index contributed by atoms with van der Waals surface area (Å²) >= 11 is 0. The van der Waals surface area contributed by atoms with Crippen LogP contribution >= 0.6 is 0 Å². The van der Waals surface area contributed by atoms with Crippen LogP contribution in [-0.4, -0.2) is 44.6 Å². The summed E-state index contributed by atoms with van der Waals surface area (Å²) in [6.07, 6.45) is 7.10. The van der Waals surface area contributed by atoms with Crippen LogP contribution in [0.2, 0.25) is 0 Å². The molecule has 1 aliphatic rings. The van der Waals surface area contributed by atoms with Crippen molar-refractivity contribution in [1.29, 1.82) is 0 Å². The first-order valence-electron chi connectivity index (χ1n) is 9.50. The number of hydrogen-bond acceptors (Lipinski definition) is 3. The Labute approximate surface area is 158 Å². The maximum absolute atomic E-state index is 13.2. The zero-order chi connectivity index (χ0) is 19.5. The van der Waals surface area contributed by atoms with E-state index in [1.165, 1.54) is 17.0 Å². The average Bonchev–Trinajstić information content (AvgIpc) is 2.60. The first kappa shape index (κ1) is 20.7. The van der Waals surface area contributed by atoms with Crippen LogP contribution in [0.15, 0.2) is 18.2 Å². The van der Waals surface area contributed by atoms with Crippen molar-refractivity contribution in [3.8, 4) is 0 Å². The van der Waals surface area contributed by atoms with Crippen molar-refractivity contribution in [3.05, 3.63) is 29.3 Å². The van der Waals surface area contributed by atoms with Crippen LogP contribution in [0.5, 0.6) is 0 Å². The van der Waals surface area contributed by atoms with Gasteiger partial charge in [-0.05, 0) is 56.4 Å². The third kappa shape index (κ3) is 4.58. The third-order valence-corrected chi connectivity index (χ3v) is 6.71. The SMILES string of the molecule is CC[C@H](C(=O)N(C)C1CCCCC1)N(c1ccc(C)c(C)c1)S(C)(=O)=O. The molecular weight excluding hydrogens is 348 g/mol. The van der Waals surface area contributed by atoms with Crippen LogP contribution in [0.3, 0.4) is 0 Å². The van der Waals surface area contributed by atoms with E-state index < -0.39 is 16.1 Å². The minimum absolute atomic E-state index is 0.108. The Kier molecular flexibility index (Phi) is 6.72. The summed E-state index contributed by atoms with van der Waals surface area (Å²) in [5.74, 6) is -0.108. The van der Waals surface area contributed by atoms with Crippen molar-refractivity contribution in [1.82, 2.24) is 4.90 Å². The van der Waals surface area contributed by atoms with Gasteiger partial charge in [0.15, 0.2) is 0 Å². The third-order valence-electron chi connectivity index (χ3n) is 5.53. The smallest absolute Gasteiger partial charge is 0.246 e. The van der Waals surface area contributed by atoms with Gasteiger partial charge in [0.2, 0.25) is 15.9 Å². The highest BCUT2D eigenvalue weighted by Gasteiger charge is 2.35. The standard InChI is InChI=1S/C20H32N2O3S/c1-6-19(20(23)21(4)17-10-8-7-9-11-17)22(26(5,24)25)18-13-12-15(2)16(3)14-18/h12-14,17,19H,6-11H2,1-5H3/t19-/m1/s1. The second-order valence-corrected chi connectivity index (χ2v) is 9.35. The van der Waals surface area contributed by atoms with Crippen LogP contribution in [0.1, 0.15) is 56.6 Å². The molecule has 5 nitrogen and oxygen atoms in total. The number of rotatable bonds is 6. The molecular formula is C20H32N2O3S. The van der Waals surface area contributed by atoms with E-state index in [9.17, 15) is 13.2 Å². The molecule has 0 aliphatic heterocycles. The Morgan fingerprint density at radius 1 is 1.15 bits per heavy atom. The molecule has 0 unspecified atom stereocenters. The Bertz CT molecular complexity index is 739. The molecule has 2 rings (SSSR count). The molecule has 0 saturated heterocycles. The van der Waals surface area contributed by atoms with Crippen molar-refractivity contribution in [3.63, 3.8) is 0 Å². The number of hydrogen-bond donors (Lipinski definition) is 0. The molecule has 6 heteroatoms. The molecule has 26 heavy (non-hydrogen) atoms. The number of anilines is 1. The molecule has 1 aliphatic carbocycles. The predicted molar refractivity (Wildman–Crippen MR) is 107 cm³/mol. The second-order valence-electron chi connectivity index (χ2n) is 7.49. The van der Waals surface area contributed by atoms with E-state index in [0.717, 1.165) is 36.8 Å². The van der Waals surface area contributed by atoms with Crippen LogP contribution in [-0.2, 0) is 14.8 Å². The van der Waals surface area contributed by atoms with Gasteiger partial charge < -0.3 is 4.90 Å². The maximum Gasteiger partial charge on any atom is 0.246 e. The lowest BCUT2D eigenvalue weighted by molar-refractivity contribution is -0.133. The number of benzene rings is 1. The summed E-state index contributed by atoms with van der Waals surface area (Å²) in [4.78, 5) is 15.0. The summed E-state index contributed by atoms with van der Waals surface area (Å²) in [5.41, 5.74) is 2.67. The highest BCUT2D eigenvalue weighted by molar-refractivity contribution is 7.92. The Morgan fingerprint density at radius 3 is 2.27 bits per heavy atom. The Hall–Kier alpha value is -1.56. The Balaban J connectivity index is 2.37. The maximum atomic E-state index is 13.2. The number of nitrogens with zero attached hydrogens (tertiary/aromatic N) is 2. The fourth-order valence-electron chi connectivity index (χ4n) is 3.79. The number of carbonyl (C=O) groups is 1. The summed E-state index contributed by atoms with van der Waals surface area (Å²) in [6, 6.07) is 5.06. The van der Waals surface area contributed by atoms with Gasteiger partial charge in [0, 0.05) is 13.1 Å². The van der Waals surface area contributed by atoms with Crippen LogP contribution in [0.4, 0.5) is 5.69 Å². The monoisotopic (exact) mass is 380 g/mol. The largest absolute Gasteiger partial charge is 0.341 e. The van der Waals surface area contributed by atoms with Gasteiger partial charge in [-0.3, -0.25) is 9.10 Å². The zero-order valence-corrected chi connectivity index (χ0v) is 17.5. The van der Waals surface area contributed by atoms with Crippen molar-refractivity contribution in [2.75, 3.05) is 17.6 Å². The van der Waals surface area contributed by atoms with E-state index in [0.29, 0.717) is 12.1 Å². The fourth-order valence-corrected chi connectivity index (χ4v) is 4.99. The van der Waals surface area contributed by atoms with Crippen molar-refractivity contribution in [2.24, 2.45) is 0 Å². The lowest BCUT2D eigenvalue weighted by Gasteiger charge is -2.37. The highest BCUT2D eigenvalue weighted by atomic mass is 32.2. The van der Waals surface area contributed by atoms with E-state index in [2.05, 4.69) is 0 Å². The molecule has 0 heterocycles. The van der Waals surface area contributed by atoms with E-state index >= 15 is 0 Å². The van der Waals surface area contributed by atoms with Crippen LogP contribution in [0, 0.1) is 13.8 Å². The first-order chi connectivity index (χ1) is 12.2. The van der Waals surface area contributed by atoms with E-state index in [4.69, 9.17) is 0 Å².